The van der Waals surface area contributed by atoms with Gasteiger partial charge in [-0.1, -0.05) is 13.8 Å². The maximum Gasteiger partial charge on any atom is 0.127 e. The molecule has 0 aliphatic carbocycles. The molecule has 2 nitrogen and oxygen atoms in total. The topological polar surface area (TPSA) is 21.3 Å². The molecule has 15 heavy (non-hydrogen) atoms. The van der Waals surface area contributed by atoms with Crippen molar-refractivity contribution >= 4 is 0 Å². The summed E-state index contributed by atoms with van der Waals surface area (Å²) in [7, 11) is 0. The summed E-state index contributed by atoms with van der Waals surface area (Å²) in [5, 5.41) is 3.36. The third-order valence-corrected chi connectivity index (χ3v) is 2.57. The summed E-state index contributed by atoms with van der Waals surface area (Å²) in [6, 6.07) is 3.56. The van der Waals surface area contributed by atoms with Crippen LogP contribution in [0, 0.1) is 12.7 Å². The van der Waals surface area contributed by atoms with Gasteiger partial charge in [0.25, 0.3) is 0 Å². The van der Waals surface area contributed by atoms with E-state index in [1.54, 1.807) is 6.07 Å². The third-order valence-electron chi connectivity index (χ3n) is 2.57. The van der Waals surface area contributed by atoms with E-state index in [0.717, 1.165) is 16.9 Å². The second kappa shape index (κ2) is 3.81. The molecule has 1 heterocycles. The molecule has 0 bridgehead atoms. The van der Waals surface area contributed by atoms with Crippen LogP contribution in [0.4, 0.5) is 4.39 Å². The Balaban J connectivity index is 2.33. The number of ether oxygens (including phenoxy) is 1. The van der Waals surface area contributed by atoms with E-state index in [4.69, 9.17) is 4.74 Å². The van der Waals surface area contributed by atoms with Gasteiger partial charge in [-0.15, -0.1) is 0 Å². The molecule has 1 atom stereocenters. The first-order valence-corrected chi connectivity index (χ1v) is 5.27. The fraction of sp³-hybridized carbons (Fsp3) is 0.500. The Bertz CT molecular complexity index is 376. The Hall–Kier alpha value is -1.09. The first-order valence-electron chi connectivity index (χ1n) is 5.27. The summed E-state index contributed by atoms with van der Waals surface area (Å²) in [6.07, 6.45) is 0. The molecule has 0 saturated carbocycles. The zero-order valence-electron chi connectivity index (χ0n) is 9.30. The first kappa shape index (κ1) is 10.4. The predicted molar refractivity (Wildman–Crippen MR) is 57.6 cm³/mol. The van der Waals surface area contributed by atoms with Crippen LogP contribution in [0.1, 0.15) is 31.0 Å². The van der Waals surface area contributed by atoms with E-state index in [9.17, 15) is 4.39 Å². The van der Waals surface area contributed by atoms with Crippen LogP contribution in [0.25, 0.3) is 0 Å². The number of benzene rings is 1. The molecule has 1 aliphatic rings. The first-order chi connectivity index (χ1) is 7.08. The Kier molecular flexibility index (Phi) is 2.65. The molecule has 0 spiro atoms. The summed E-state index contributed by atoms with van der Waals surface area (Å²) < 4.78 is 18.8. The van der Waals surface area contributed by atoms with Gasteiger partial charge in [0.1, 0.15) is 18.2 Å². The highest BCUT2D eigenvalue weighted by Gasteiger charge is 2.26. The van der Waals surface area contributed by atoms with Gasteiger partial charge >= 0.3 is 0 Å². The van der Waals surface area contributed by atoms with Crippen molar-refractivity contribution in [2.45, 2.75) is 32.9 Å². The van der Waals surface area contributed by atoms with Crippen LogP contribution in [-0.4, -0.2) is 12.6 Å². The van der Waals surface area contributed by atoms with Crippen molar-refractivity contribution in [3.05, 3.63) is 29.1 Å². The van der Waals surface area contributed by atoms with Crippen LogP contribution in [-0.2, 0) is 0 Å². The molecule has 2 rings (SSSR count). The van der Waals surface area contributed by atoms with Gasteiger partial charge < -0.3 is 10.1 Å². The highest BCUT2D eigenvalue weighted by molar-refractivity contribution is 5.45. The minimum Gasteiger partial charge on any atom is -0.491 e. The van der Waals surface area contributed by atoms with E-state index < -0.39 is 0 Å². The highest BCUT2D eigenvalue weighted by Crippen LogP contribution is 2.36. The molecule has 0 amide bonds. The van der Waals surface area contributed by atoms with Crippen molar-refractivity contribution in [3.63, 3.8) is 0 Å². The Labute approximate surface area is 89.4 Å². The molecule has 1 N–H and O–H groups in total. The van der Waals surface area contributed by atoms with Crippen LogP contribution in [0.3, 0.4) is 0 Å². The van der Waals surface area contributed by atoms with Gasteiger partial charge in [-0.25, -0.2) is 4.39 Å². The summed E-state index contributed by atoms with van der Waals surface area (Å²) in [4.78, 5) is 0. The molecule has 0 fully saturated rings. The summed E-state index contributed by atoms with van der Waals surface area (Å²) in [5.41, 5.74) is 1.82. The second-order valence-corrected chi connectivity index (χ2v) is 4.33. The van der Waals surface area contributed by atoms with E-state index in [1.165, 1.54) is 6.07 Å². The molecular formula is C12H16FNO. The number of hydrogen-bond acceptors (Lipinski definition) is 2. The molecular weight excluding hydrogens is 193 g/mol. The number of fused-ring (bicyclic) bond motifs is 1. The SMILES string of the molecule is Cc1cc(F)cc2c1OCC2NC(C)C. The van der Waals surface area contributed by atoms with E-state index in [0.29, 0.717) is 12.6 Å². The van der Waals surface area contributed by atoms with Gasteiger partial charge in [0.05, 0.1) is 6.04 Å². The van der Waals surface area contributed by atoms with E-state index in [1.807, 2.05) is 6.92 Å². The number of hydrogen-bond donors (Lipinski definition) is 1. The maximum absolute atomic E-state index is 13.3. The van der Waals surface area contributed by atoms with Crippen molar-refractivity contribution in [2.75, 3.05) is 6.61 Å². The lowest BCUT2D eigenvalue weighted by atomic mass is 10.0. The lowest BCUT2D eigenvalue weighted by Gasteiger charge is -2.14. The van der Waals surface area contributed by atoms with Crippen molar-refractivity contribution in [3.8, 4) is 5.75 Å². The summed E-state index contributed by atoms with van der Waals surface area (Å²) in [5.74, 6) is 0.654. The zero-order valence-corrected chi connectivity index (χ0v) is 9.30. The smallest absolute Gasteiger partial charge is 0.127 e. The molecule has 1 unspecified atom stereocenters. The molecule has 1 aromatic carbocycles. The minimum absolute atomic E-state index is 0.120. The standard InChI is InChI=1S/C12H16FNO/c1-7(2)14-11-6-15-12-8(3)4-9(13)5-10(11)12/h4-5,7,11,14H,6H2,1-3H3. The van der Waals surface area contributed by atoms with E-state index >= 15 is 0 Å². The van der Waals surface area contributed by atoms with Crippen LogP contribution in [0.5, 0.6) is 5.75 Å². The molecule has 1 aliphatic heterocycles. The third kappa shape index (κ3) is 1.97. The van der Waals surface area contributed by atoms with E-state index in [-0.39, 0.29) is 11.9 Å². The number of rotatable bonds is 2. The van der Waals surface area contributed by atoms with Gasteiger partial charge in [0.2, 0.25) is 0 Å². The molecule has 0 radical (unpaired) electrons. The summed E-state index contributed by atoms with van der Waals surface area (Å²) in [6.45, 7) is 6.62. The van der Waals surface area contributed by atoms with Crippen LogP contribution >= 0.6 is 0 Å². The normalized spacial score (nSPS) is 19.1. The highest BCUT2D eigenvalue weighted by atomic mass is 19.1. The Morgan fingerprint density at radius 3 is 2.87 bits per heavy atom. The van der Waals surface area contributed by atoms with Crippen molar-refractivity contribution < 1.29 is 9.13 Å². The fourth-order valence-corrected chi connectivity index (χ4v) is 2.01. The van der Waals surface area contributed by atoms with Gasteiger partial charge in [0, 0.05) is 11.6 Å². The lowest BCUT2D eigenvalue weighted by Crippen LogP contribution is -2.29. The largest absolute Gasteiger partial charge is 0.491 e. The Morgan fingerprint density at radius 2 is 2.20 bits per heavy atom. The average molecular weight is 209 g/mol. The fourth-order valence-electron chi connectivity index (χ4n) is 2.01. The Morgan fingerprint density at radius 1 is 1.47 bits per heavy atom. The molecule has 0 saturated heterocycles. The predicted octanol–water partition coefficient (Wildman–Crippen LogP) is 2.57. The van der Waals surface area contributed by atoms with Gasteiger partial charge in [-0.2, -0.15) is 0 Å². The van der Waals surface area contributed by atoms with Crippen molar-refractivity contribution in [2.24, 2.45) is 0 Å². The molecule has 1 aromatic rings. The number of nitrogens with one attached hydrogen (secondary N) is 1. The average Bonchev–Trinajstić information content (AvgIpc) is 2.48. The minimum atomic E-state index is -0.188. The molecule has 0 aromatic heterocycles. The lowest BCUT2D eigenvalue weighted by molar-refractivity contribution is 0.302. The maximum atomic E-state index is 13.3. The quantitative estimate of drug-likeness (QED) is 0.808. The van der Waals surface area contributed by atoms with Crippen molar-refractivity contribution in [1.82, 2.24) is 5.32 Å². The number of halogens is 1. The van der Waals surface area contributed by atoms with E-state index in [2.05, 4.69) is 19.2 Å². The van der Waals surface area contributed by atoms with Gasteiger partial charge in [0.15, 0.2) is 0 Å². The van der Waals surface area contributed by atoms with Crippen LogP contribution in [0.15, 0.2) is 12.1 Å². The summed E-state index contributed by atoms with van der Waals surface area (Å²) >= 11 is 0. The number of aryl methyl sites for hydroxylation is 1. The zero-order chi connectivity index (χ0) is 11.0. The van der Waals surface area contributed by atoms with Crippen molar-refractivity contribution in [1.29, 1.82) is 0 Å². The van der Waals surface area contributed by atoms with Crippen LogP contribution in [0.2, 0.25) is 0 Å². The molecule has 3 heteroatoms. The second-order valence-electron chi connectivity index (χ2n) is 4.33. The van der Waals surface area contributed by atoms with Gasteiger partial charge in [-0.3, -0.25) is 0 Å². The monoisotopic (exact) mass is 209 g/mol. The molecule has 82 valence electrons. The van der Waals surface area contributed by atoms with Gasteiger partial charge in [-0.05, 0) is 24.6 Å². The van der Waals surface area contributed by atoms with Crippen LogP contribution < -0.4 is 10.1 Å².